The van der Waals surface area contributed by atoms with Crippen molar-refractivity contribution in [2.24, 2.45) is 0 Å². The van der Waals surface area contributed by atoms with Crippen LogP contribution in [0.5, 0.6) is 0 Å². The molecule has 9 nitrogen and oxygen atoms in total. The Morgan fingerprint density at radius 2 is 2.00 bits per heavy atom. The Hall–Kier alpha value is -2.84. The van der Waals surface area contributed by atoms with E-state index in [1.807, 2.05) is 6.92 Å². The number of benzene rings is 1. The Balaban J connectivity index is 2.57. The van der Waals surface area contributed by atoms with Crippen LogP contribution in [0.25, 0.3) is 0 Å². The van der Waals surface area contributed by atoms with Gasteiger partial charge in [0.1, 0.15) is 17.3 Å². The van der Waals surface area contributed by atoms with E-state index in [2.05, 4.69) is 10.6 Å². The normalized spacial score (nSPS) is 12.2. The Morgan fingerprint density at radius 3 is 2.54 bits per heavy atom. The molecule has 0 unspecified atom stereocenters. The molecule has 0 spiro atoms. The molecule has 26 heavy (non-hydrogen) atoms. The summed E-state index contributed by atoms with van der Waals surface area (Å²) < 4.78 is 5.05. The number of carbonyl (C=O) groups excluding carboxylic acids is 1. The van der Waals surface area contributed by atoms with Crippen molar-refractivity contribution in [3.05, 3.63) is 33.9 Å². The number of aryl methyl sites for hydroxylation is 1. The Labute approximate surface area is 151 Å². The van der Waals surface area contributed by atoms with E-state index in [0.717, 1.165) is 5.56 Å². The highest BCUT2D eigenvalue weighted by Crippen LogP contribution is 2.25. The molecule has 1 amide bonds. The number of ether oxygens (including phenoxy) is 1. The van der Waals surface area contributed by atoms with Crippen LogP contribution in [0.4, 0.5) is 16.2 Å². The highest BCUT2D eigenvalue weighted by atomic mass is 16.6. The first-order valence-corrected chi connectivity index (χ1v) is 8.21. The monoisotopic (exact) mass is 367 g/mol. The smallest absolute Gasteiger partial charge is 0.408 e. The minimum Gasteiger partial charge on any atom is -0.480 e. The zero-order valence-electron chi connectivity index (χ0n) is 15.4. The molecule has 0 aliphatic heterocycles. The molecular weight excluding hydrogens is 342 g/mol. The highest BCUT2D eigenvalue weighted by Gasteiger charge is 2.23. The molecule has 0 fully saturated rings. The Kier molecular flexibility index (Phi) is 7.36. The summed E-state index contributed by atoms with van der Waals surface area (Å²) >= 11 is 0. The van der Waals surface area contributed by atoms with E-state index in [1.54, 1.807) is 32.9 Å². The maximum atomic E-state index is 11.7. The highest BCUT2D eigenvalue weighted by molar-refractivity contribution is 5.80. The molecule has 0 aliphatic carbocycles. The van der Waals surface area contributed by atoms with E-state index < -0.39 is 28.6 Å². The van der Waals surface area contributed by atoms with E-state index in [-0.39, 0.29) is 12.1 Å². The first kappa shape index (κ1) is 21.2. The van der Waals surface area contributed by atoms with E-state index in [1.165, 1.54) is 6.07 Å². The van der Waals surface area contributed by atoms with Crippen molar-refractivity contribution in [2.45, 2.75) is 52.2 Å². The van der Waals surface area contributed by atoms with Crippen molar-refractivity contribution < 1.29 is 24.4 Å². The molecule has 1 rings (SSSR count). The summed E-state index contributed by atoms with van der Waals surface area (Å²) in [6.07, 6.45) is -0.258. The van der Waals surface area contributed by atoms with Crippen molar-refractivity contribution in [3.8, 4) is 0 Å². The lowest BCUT2D eigenvalue weighted by atomic mass is 10.1. The number of hydrogen-bond donors (Lipinski definition) is 3. The molecule has 3 N–H and O–H groups in total. The molecule has 1 atom stereocenters. The number of amides is 1. The SMILES string of the molecule is Cc1ccc([N+](=O)[O-])c(NCCC[C@H](NC(=O)OC(C)(C)C)C(=O)O)c1. The van der Waals surface area contributed by atoms with Gasteiger partial charge >= 0.3 is 12.1 Å². The largest absolute Gasteiger partial charge is 0.480 e. The number of nitro benzene ring substituents is 1. The fourth-order valence-corrected chi connectivity index (χ4v) is 2.19. The zero-order valence-corrected chi connectivity index (χ0v) is 15.4. The number of alkyl carbamates (subject to hydrolysis) is 1. The quantitative estimate of drug-likeness (QED) is 0.365. The van der Waals surface area contributed by atoms with Crippen LogP contribution < -0.4 is 10.6 Å². The molecule has 144 valence electrons. The van der Waals surface area contributed by atoms with E-state index >= 15 is 0 Å². The van der Waals surface area contributed by atoms with Gasteiger partial charge in [-0.15, -0.1) is 0 Å². The summed E-state index contributed by atoms with van der Waals surface area (Å²) in [5, 5.41) is 25.5. The number of carboxylic acids is 1. The molecule has 0 radical (unpaired) electrons. The third kappa shape index (κ3) is 7.37. The summed E-state index contributed by atoms with van der Waals surface area (Å²) in [7, 11) is 0. The summed E-state index contributed by atoms with van der Waals surface area (Å²) in [5.74, 6) is -1.17. The number of nitrogens with one attached hydrogen (secondary N) is 2. The summed E-state index contributed by atoms with van der Waals surface area (Å²) in [6.45, 7) is 7.19. The van der Waals surface area contributed by atoms with E-state index in [9.17, 15) is 24.8 Å². The number of carboxylic acid groups (broad SMARTS) is 1. The van der Waals surface area contributed by atoms with Gasteiger partial charge in [-0.2, -0.15) is 0 Å². The van der Waals surface area contributed by atoms with Crippen molar-refractivity contribution in [1.82, 2.24) is 5.32 Å². The number of nitrogens with zero attached hydrogens (tertiary/aromatic N) is 1. The number of nitro groups is 1. The summed E-state index contributed by atoms with van der Waals surface area (Å²) in [6, 6.07) is 3.63. The maximum absolute atomic E-state index is 11.7. The van der Waals surface area contributed by atoms with Gasteiger partial charge in [0.15, 0.2) is 0 Å². The van der Waals surface area contributed by atoms with Gasteiger partial charge in [-0.05, 0) is 52.2 Å². The molecule has 0 saturated heterocycles. The van der Waals surface area contributed by atoms with Crippen LogP contribution in [0.15, 0.2) is 18.2 Å². The van der Waals surface area contributed by atoms with Crippen LogP contribution in [0, 0.1) is 17.0 Å². The van der Waals surface area contributed by atoms with Crippen molar-refractivity contribution in [1.29, 1.82) is 0 Å². The van der Waals surface area contributed by atoms with Gasteiger partial charge in [-0.3, -0.25) is 10.1 Å². The van der Waals surface area contributed by atoms with Gasteiger partial charge in [-0.25, -0.2) is 9.59 Å². The molecule has 0 aromatic heterocycles. The van der Waals surface area contributed by atoms with Crippen molar-refractivity contribution in [2.75, 3.05) is 11.9 Å². The third-order valence-corrected chi connectivity index (χ3v) is 3.32. The van der Waals surface area contributed by atoms with E-state index in [0.29, 0.717) is 18.7 Å². The second-order valence-electron chi connectivity index (χ2n) is 6.88. The molecular formula is C17H25N3O6. The van der Waals surface area contributed by atoms with Gasteiger partial charge in [0.25, 0.3) is 5.69 Å². The first-order chi connectivity index (χ1) is 12.0. The maximum Gasteiger partial charge on any atom is 0.408 e. The van der Waals surface area contributed by atoms with Gasteiger partial charge < -0.3 is 20.5 Å². The molecule has 0 heterocycles. The minimum absolute atomic E-state index is 0.0442. The van der Waals surface area contributed by atoms with Gasteiger partial charge in [-0.1, -0.05) is 6.07 Å². The summed E-state index contributed by atoms with van der Waals surface area (Å²) in [4.78, 5) is 33.5. The van der Waals surface area contributed by atoms with Crippen LogP contribution in [-0.4, -0.2) is 40.3 Å². The molecule has 9 heteroatoms. The van der Waals surface area contributed by atoms with Crippen molar-refractivity contribution >= 4 is 23.4 Å². The van der Waals surface area contributed by atoms with Crippen molar-refractivity contribution in [3.63, 3.8) is 0 Å². The fraction of sp³-hybridized carbons (Fsp3) is 0.529. The van der Waals surface area contributed by atoms with Gasteiger partial charge in [0, 0.05) is 12.6 Å². The zero-order chi connectivity index (χ0) is 19.9. The predicted molar refractivity (Wildman–Crippen MR) is 96.4 cm³/mol. The van der Waals surface area contributed by atoms with Crippen LogP contribution in [-0.2, 0) is 9.53 Å². The predicted octanol–water partition coefficient (Wildman–Crippen LogP) is 3.07. The number of anilines is 1. The lowest BCUT2D eigenvalue weighted by Gasteiger charge is -2.22. The number of aliphatic carboxylic acids is 1. The third-order valence-electron chi connectivity index (χ3n) is 3.32. The number of carbonyl (C=O) groups is 2. The molecule has 1 aromatic carbocycles. The van der Waals surface area contributed by atoms with Gasteiger partial charge in [0.05, 0.1) is 4.92 Å². The molecule has 0 aliphatic rings. The average Bonchev–Trinajstić information content (AvgIpc) is 2.47. The van der Waals surface area contributed by atoms with Crippen LogP contribution in [0.1, 0.15) is 39.2 Å². The minimum atomic E-state index is -1.17. The second kappa shape index (κ2) is 9.02. The lowest BCUT2D eigenvalue weighted by molar-refractivity contribution is -0.384. The Bertz CT molecular complexity index is 669. The number of rotatable bonds is 8. The van der Waals surface area contributed by atoms with Crippen LogP contribution >= 0.6 is 0 Å². The standard InChI is InChI=1S/C17H25N3O6/c1-11-7-8-14(20(24)25)13(10-11)18-9-5-6-12(15(21)22)19-16(23)26-17(2,3)4/h7-8,10,12,18H,5-6,9H2,1-4H3,(H,19,23)(H,21,22)/t12-/m0/s1. The summed E-state index contributed by atoms with van der Waals surface area (Å²) in [5.41, 5.74) is 0.478. The molecule has 0 bridgehead atoms. The van der Waals surface area contributed by atoms with Gasteiger partial charge in [0.2, 0.25) is 0 Å². The molecule has 0 saturated carbocycles. The second-order valence-corrected chi connectivity index (χ2v) is 6.88. The average molecular weight is 367 g/mol. The van der Waals surface area contributed by atoms with Crippen LogP contribution in [0.2, 0.25) is 0 Å². The number of hydrogen-bond acceptors (Lipinski definition) is 6. The Morgan fingerprint density at radius 1 is 1.35 bits per heavy atom. The first-order valence-electron chi connectivity index (χ1n) is 8.21. The molecule has 1 aromatic rings. The van der Waals surface area contributed by atoms with E-state index in [4.69, 9.17) is 4.74 Å². The fourth-order valence-electron chi connectivity index (χ4n) is 2.19. The lowest BCUT2D eigenvalue weighted by Crippen LogP contribution is -2.43. The topological polar surface area (TPSA) is 131 Å². The van der Waals surface area contributed by atoms with Crippen LogP contribution in [0.3, 0.4) is 0 Å².